The second-order valence-corrected chi connectivity index (χ2v) is 3.61. The maximum absolute atomic E-state index is 12.6. The molecule has 6 heteroatoms. The molecule has 2 rings (SSSR count). The summed E-state index contributed by atoms with van der Waals surface area (Å²) >= 11 is 1.28. The van der Waals surface area contributed by atoms with Gasteiger partial charge in [0.15, 0.2) is 0 Å². The van der Waals surface area contributed by atoms with Crippen molar-refractivity contribution in [3.05, 3.63) is 40.5 Å². The van der Waals surface area contributed by atoms with Crippen LogP contribution in [0.25, 0.3) is 11.3 Å². The van der Waals surface area contributed by atoms with Crippen LogP contribution < -0.4 is 0 Å². The maximum atomic E-state index is 12.6. The van der Waals surface area contributed by atoms with Gasteiger partial charge in [0.25, 0.3) is 6.47 Å². The Labute approximate surface area is 101 Å². The van der Waals surface area contributed by atoms with E-state index in [1.165, 1.54) is 23.5 Å². The van der Waals surface area contributed by atoms with Crippen molar-refractivity contribution in [1.29, 1.82) is 5.26 Å². The van der Waals surface area contributed by atoms with Crippen molar-refractivity contribution in [3.63, 3.8) is 0 Å². The van der Waals surface area contributed by atoms with Crippen molar-refractivity contribution in [2.45, 2.75) is 0 Å². The van der Waals surface area contributed by atoms with Gasteiger partial charge in [-0.05, 0) is 24.3 Å². The Morgan fingerprint density at radius 1 is 1.41 bits per heavy atom. The fourth-order valence-electron chi connectivity index (χ4n) is 1.14. The van der Waals surface area contributed by atoms with E-state index >= 15 is 0 Å². The molecule has 0 unspecified atom stereocenters. The third-order valence-corrected chi connectivity index (χ3v) is 2.52. The predicted octanol–water partition coefficient (Wildman–Crippen LogP) is 2.52. The van der Waals surface area contributed by atoms with E-state index in [0.717, 1.165) is 5.56 Å². The summed E-state index contributed by atoms with van der Waals surface area (Å²) in [7, 11) is 0. The summed E-state index contributed by atoms with van der Waals surface area (Å²) in [5.74, 6) is -0.289. The van der Waals surface area contributed by atoms with Gasteiger partial charge < -0.3 is 5.11 Å². The quantitative estimate of drug-likeness (QED) is 0.789. The Balaban J connectivity index is 0.000000437. The number of rotatable bonds is 1. The van der Waals surface area contributed by atoms with E-state index in [9.17, 15) is 4.39 Å². The maximum Gasteiger partial charge on any atom is 0.290 e. The van der Waals surface area contributed by atoms with Crippen molar-refractivity contribution in [2.24, 2.45) is 0 Å². The van der Waals surface area contributed by atoms with Gasteiger partial charge in [-0.2, -0.15) is 5.26 Å². The molecule has 0 amide bonds. The van der Waals surface area contributed by atoms with Gasteiger partial charge in [-0.3, -0.25) is 4.79 Å². The summed E-state index contributed by atoms with van der Waals surface area (Å²) in [5, 5.41) is 15.7. The Morgan fingerprint density at radius 3 is 2.53 bits per heavy atom. The minimum atomic E-state index is -0.289. The monoisotopic (exact) mass is 250 g/mol. The minimum Gasteiger partial charge on any atom is -0.483 e. The number of hydrogen-bond donors (Lipinski definition) is 1. The lowest BCUT2D eigenvalue weighted by atomic mass is 10.1. The normalized spacial score (nSPS) is 8.71. The summed E-state index contributed by atoms with van der Waals surface area (Å²) in [6.45, 7) is -0.250. The third-order valence-electron chi connectivity index (χ3n) is 1.79. The number of carbonyl (C=O) groups is 1. The van der Waals surface area contributed by atoms with Crippen LogP contribution in [0.2, 0.25) is 0 Å². The third kappa shape index (κ3) is 3.36. The van der Waals surface area contributed by atoms with Crippen molar-refractivity contribution in [3.8, 4) is 17.3 Å². The summed E-state index contributed by atoms with van der Waals surface area (Å²) in [6, 6.07) is 8.00. The molecule has 0 spiro atoms. The molecule has 17 heavy (non-hydrogen) atoms. The number of benzene rings is 1. The van der Waals surface area contributed by atoms with E-state index in [1.54, 1.807) is 17.6 Å². The lowest BCUT2D eigenvalue weighted by Crippen LogP contribution is -1.81. The largest absolute Gasteiger partial charge is 0.483 e. The minimum absolute atomic E-state index is 0.250. The van der Waals surface area contributed by atoms with Crippen molar-refractivity contribution >= 4 is 17.8 Å². The molecule has 4 nitrogen and oxygen atoms in total. The predicted molar refractivity (Wildman–Crippen MR) is 60.9 cm³/mol. The van der Waals surface area contributed by atoms with Crippen LogP contribution in [0, 0.1) is 17.1 Å². The molecule has 0 radical (unpaired) electrons. The van der Waals surface area contributed by atoms with Crippen LogP contribution in [0.4, 0.5) is 4.39 Å². The summed E-state index contributed by atoms with van der Waals surface area (Å²) in [5.41, 5.74) is 3.00. The molecule has 1 aromatic heterocycles. The van der Waals surface area contributed by atoms with E-state index in [2.05, 4.69) is 11.1 Å². The number of hydrogen-bond acceptors (Lipinski definition) is 4. The van der Waals surface area contributed by atoms with Gasteiger partial charge in [0.1, 0.15) is 16.8 Å². The smallest absolute Gasteiger partial charge is 0.290 e. The zero-order valence-electron chi connectivity index (χ0n) is 8.50. The van der Waals surface area contributed by atoms with E-state index in [0.29, 0.717) is 10.6 Å². The molecule has 1 aromatic carbocycles. The molecule has 2 aromatic rings. The number of aromatic nitrogens is 1. The number of thiazole rings is 1. The van der Waals surface area contributed by atoms with Crippen molar-refractivity contribution in [1.82, 2.24) is 4.98 Å². The molecule has 1 heterocycles. The molecule has 0 saturated heterocycles. The molecular weight excluding hydrogens is 243 g/mol. The first-order valence-corrected chi connectivity index (χ1v) is 5.28. The second-order valence-electron chi connectivity index (χ2n) is 2.75. The summed E-state index contributed by atoms with van der Waals surface area (Å²) in [4.78, 5) is 13.0. The van der Waals surface area contributed by atoms with Gasteiger partial charge in [-0.15, -0.1) is 11.3 Å². The zero-order valence-corrected chi connectivity index (χ0v) is 9.32. The van der Waals surface area contributed by atoms with Crippen molar-refractivity contribution < 1.29 is 14.3 Å². The molecule has 0 atom stereocenters. The Bertz CT molecular complexity index is 531. The van der Waals surface area contributed by atoms with Crippen LogP contribution in [-0.4, -0.2) is 16.6 Å². The van der Waals surface area contributed by atoms with Crippen LogP contribution in [0.15, 0.2) is 29.8 Å². The van der Waals surface area contributed by atoms with Gasteiger partial charge >= 0.3 is 0 Å². The number of nitriles is 1. The van der Waals surface area contributed by atoms with Gasteiger partial charge in [-0.1, -0.05) is 0 Å². The zero-order chi connectivity index (χ0) is 12.7. The lowest BCUT2D eigenvalue weighted by molar-refractivity contribution is -0.122. The molecule has 0 fully saturated rings. The molecular formula is C11H7FN2O2S. The van der Waals surface area contributed by atoms with Crippen LogP contribution >= 0.6 is 11.3 Å². The molecule has 86 valence electrons. The van der Waals surface area contributed by atoms with Crippen LogP contribution in [0.5, 0.6) is 0 Å². The van der Waals surface area contributed by atoms with Gasteiger partial charge in [0, 0.05) is 5.56 Å². The average Bonchev–Trinajstić information content (AvgIpc) is 2.79. The van der Waals surface area contributed by atoms with E-state index < -0.39 is 0 Å². The van der Waals surface area contributed by atoms with Crippen LogP contribution in [0.3, 0.4) is 0 Å². The molecule has 0 aliphatic rings. The van der Waals surface area contributed by atoms with Crippen LogP contribution in [0.1, 0.15) is 4.88 Å². The topological polar surface area (TPSA) is 74.0 Å². The Kier molecular flexibility index (Phi) is 4.78. The molecule has 0 bridgehead atoms. The highest BCUT2D eigenvalue weighted by Crippen LogP contribution is 2.24. The molecule has 0 saturated carbocycles. The molecule has 1 N–H and O–H groups in total. The fraction of sp³-hybridized carbons (Fsp3) is 0. The number of carboxylic acid groups (broad SMARTS) is 1. The van der Waals surface area contributed by atoms with Gasteiger partial charge in [0.05, 0.1) is 11.2 Å². The molecule has 0 aliphatic heterocycles. The highest BCUT2D eigenvalue weighted by atomic mass is 32.1. The SMILES string of the molecule is N#Cc1scnc1-c1ccc(F)cc1.O=CO. The lowest BCUT2D eigenvalue weighted by Gasteiger charge is -1.96. The van der Waals surface area contributed by atoms with E-state index in [-0.39, 0.29) is 12.3 Å². The highest BCUT2D eigenvalue weighted by Gasteiger charge is 2.07. The first kappa shape index (κ1) is 12.8. The first-order chi connectivity index (χ1) is 8.22. The highest BCUT2D eigenvalue weighted by molar-refractivity contribution is 7.10. The average molecular weight is 250 g/mol. The Morgan fingerprint density at radius 2 is 2.00 bits per heavy atom. The first-order valence-electron chi connectivity index (χ1n) is 4.40. The standard InChI is InChI=1S/C10H5FN2S.CH2O2/c11-8-3-1-7(2-4-8)10-9(5-12)14-6-13-10;2-1-3/h1-4,6H;1H,(H,2,3). The second kappa shape index (κ2) is 6.35. The van der Waals surface area contributed by atoms with E-state index in [1.807, 2.05) is 0 Å². The summed E-state index contributed by atoms with van der Waals surface area (Å²) in [6.07, 6.45) is 0. The van der Waals surface area contributed by atoms with Gasteiger partial charge in [0.2, 0.25) is 0 Å². The number of halogens is 1. The van der Waals surface area contributed by atoms with E-state index in [4.69, 9.17) is 15.2 Å². The van der Waals surface area contributed by atoms with Crippen molar-refractivity contribution in [2.75, 3.05) is 0 Å². The van der Waals surface area contributed by atoms with Gasteiger partial charge in [-0.25, -0.2) is 9.37 Å². The molecule has 0 aliphatic carbocycles. The summed E-state index contributed by atoms with van der Waals surface area (Å²) < 4.78 is 12.6. The van der Waals surface area contributed by atoms with Crippen LogP contribution in [-0.2, 0) is 4.79 Å². The number of nitrogens with zero attached hydrogens (tertiary/aromatic N) is 2. The fourth-order valence-corrected chi connectivity index (χ4v) is 1.74. The Hall–Kier alpha value is -2.26.